The predicted molar refractivity (Wildman–Crippen MR) is 94.6 cm³/mol. The maximum Gasteiger partial charge on any atom is 0.235 e. The van der Waals surface area contributed by atoms with E-state index in [0.717, 1.165) is 20.1 Å². The molecule has 0 fully saturated rings. The first-order valence-electron chi connectivity index (χ1n) is 7.27. The van der Waals surface area contributed by atoms with E-state index in [0.29, 0.717) is 6.54 Å². The van der Waals surface area contributed by atoms with Crippen molar-refractivity contribution in [1.82, 2.24) is 19.7 Å². The van der Waals surface area contributed by atoms with Gasteiger partial charge in [-0.15, -0.1) is 11.3 Å². The Labute approximate surface area is 143 Å². The third-order valence-electron chi connectivity index (χ3n) is 3.45. The Kier molecular flexibility index (Phi) is 4.68. The van der Waals surface area contributed by atoms with E-state index in [1.807, 2.05) is 45.4 Å². The first-order valence-corrected chi connectivity index (χ1v) is 8.97. The largest absolute Gasteiger partial charge is 0.340 e. The second-order valence-electron chi connectivity index (χ2n) is 5.42. The number of rotatable bonds is 5. The van der Waals surface area contributed by atoms with Crippen LogP contribution in [0.15, 0.2) is 41.0 Å². The molecule has 3 rings (SSSR count). The molecule has 2 aromatic heterocycles. The van der Waals surface area contributed by atoms with Gasteiger partial charge in [0.25, 0.3) is 0 Å². The molecule has 23 heavy (non-hydrogen) atoms. The summed E-state index contributed by atoms with van der Waals surface area (Å²) in [6.45, 7) is 2.50. The van der Waals surface area contributed by atoms with Crippen LogP contribution in [0.1, 0.15) is 12.5 Å². The fourth-order valence-electron chi connectivity index (χ4n) is 2.32. The summed E-state index contributed by atoms with van der Waals surface area (Å²) in [7, 11) is 3.70. The van der Waals surface area contributed by atoms with Gasteiger partial charge in [-0.1, -0.05) is 23.9 Å². The summed E-state index contributed by atoms with van der Waals surface area (Å²) in [5.74, 6) is 0.0955. The predicted octanol–water partition coefficient (Wildman–Crippen LogP) is 3.17. The van der Waals surface area contributed by atoms with Gasteiger partial charge in [-0.2, -0.15) is 5.10 Å². The highest BCUT2D eigenvalue weighted by Crippen LogP contribution is 2.32. The van der Waals surface area contributed by atoms with Crippen molar-refractivity contribution in [2.75, 3.05) is 7.05 Å². The molecule has 7 heteroatoms. The number of benzene rings is 1. The van der Waals surface area contributed by atoms with Gasteiger partial charge in [0, 0.05) is 32.4 Å². The van der Waals surface area contributed by atoms with Gasteiger partial charge in [0.15, 0.2) is 4.34 Å². The Morgan fingerprint density at radius 2 is 2.22 bits per heavy atom. The van der Waals surface area contributed by atoms with Crippen LogP contribution in [0.3, 0.4) is 0 Å². The van der Waals surface area contributed by atoms with Crippen molar-refractivity contribution >= 4 is 39.2 Å². The number of hydrogen-bond donors (Lipinski definition) is 0. The van der Waals surface area contributed by atoms with E-state index in [-0.39, 0.29) is 11.2 Å². The lowest BCUT2D eigenvalue weighted by Crippen LogP contribution is -2.32. The van der Waals surface area contributed by atoms with E-state index in [9.17, 15) is 4.79 Å². The van der Waals surface area contributed by atoms with Gasteiger partial charge < -0.3 is 4.90 Å². The normalized spacial score (nSPS) is 12.5. The monoisotopic (exact) mass is 346 g/mol. The Hall–Kier alpha value is -1.86. The summed E-state index contributed by atoms with van der Waals surface area (Å²) in [6.07, 6.45) is 3.71. The van der Waals surface area contributed by atoms with Crippen LogP contribution < -0.4 is 0 Å². The topological polar surface area (TPSA) is 51.0 Å². The molecule has 0 radical (unpaired) electrons. The fourth-order valence-corrected chi connectivity index (χ4v) is 4.64. The van der Waals surface area contributed by atoms with Crippen LogP contribution in [0.25, 0.3) is 10.2 Å². The summed E-state index contributed by atoms with van der Waals surface area (Å²) >= 11 is 3.15. The SMILES string of the molecule is CC(Sc1nc2ccccc2s1)C(=O)N(C)Cc1cnn(C)c1. The van der Waals surface area contributed by atoms with E-state index >= 15 is 0 Å². The zero-order chi connectivity index (χ0) is 16.4. The van der Waals surface area contributed by atoms with Crippen LogP contribution in [0.4, 0.5) is 0 Å². The van der Waals surface area contributed by atoms with E-state index in [2.05, 4.69) is 16.1 Å². The minimum Gasteiger partial charge on any atom is -0.340 e. The number of carbonyl (C=O) groups is 1. The van der Waals surface area contributed by atoms with Crippen molar-refractivity contribution in [2.24, 2.45) is 7.05 Å². The van der Waals surface area contributed by atoms with Crippen molar-refractivity contribution in [3.8, 4) is 0 Å². The van der Waals surface area contributed by atoms with E-state index in [1.165, 1.54) is 11.8 Å². The summed E-state index contributed by atoms with van der Waals surface area (Å²) in [4.78, 5) is 18.8. The summed E-state index contributed by atoms with van der Waals surface area (Å²) < 4.78 is 3.83. The molecule has 3 aromatic rings. The van der Waals surface area contributed by atoms with Crippen molar-refractivity contribution in [1.29, 1.82) is 0 Å². The number of nitrogens with zero attached hydrogens (tertiary/aromatic N) is 4. The number of fused-ring (bicyclic) bond motifs is 1. The van der Waals surface area contributed by atoms with E-state index < -0.39 is 0 Å². The van der Waals surface area contributed by atoms with Crippen LogP contribution in [0.5, 0.6) is 0 Å². The number of amides is 1. The van der Waals surface area contributed by atoms with Crippen LogP contribution in [0.2, 0.25) is 0 Å². The molecular weight excluding hydrogens is 328 g/mol. The Bertz CT molecular complexity index is 793. The number of aromatic nitrogens is 3. The molecule has 0 aliphatic carbocycles. The van der Waals surface area contributed by atoms with Gasteiger partial charge in [0.2, 0.25) is 5.91 Å². The molecule has 0 spiro atoms. The molecule has 1 atom stereocenters. The summed E-state index contributed by atoms with van der Waals surface area (Å²) in [5.41, 5.74) is 2.02. The van der Waals surface area contributed by atoms with Crippen molar-refractivity contribution in [3.63, 3.8) is 0 Å². The molecule has 0 saturated heterocycles. The van der Waals surface area contributed by atoms with Gasteiger partial charge in [-0.25, -0.2) is 4.98 Å². The molecule has 1 aromatic carbocycles. The minimum atomic E-state index is -0.169. The number of carbonyl (C=O) groups excluding carboxylic acids is 1. The van der Waals surface area contributed by atoms with Crippen molar-refractivity contribution in [2.45, 2.75) is 23.1 Å². The van der Waals surface area contributed by atoms with Crippen molar-refractivity contribution in [3.05, 3.63) is 42.2 Å². The standard InChI is InChI=1S/C16H18N4OS2/c1-11(15(21)19(2)9-12-8-17-20(3)10-12)22-16-18-13-6-4-5-7-14(13)23-16/h4-8,10-11H,9H2,1-3H3. The molecule has 0 aliphatic heterocycles. The molecule has 0 saturated carbocycles. The highest BCUT2D eigenvalue weighted by molar-refractivity contribution is 8.02. The van der Waals surface area contributed by atoms with Gasteiger partial charge in [0.05, 0.1) is 21.7 Å². The van der Waals surface area contributed by atoms with Gasteiger partial charge in [-0.05, 0) is 19.1 Å². The Morgan fingerprint density at radius 3 is 2.91 bits per heavy atom. The van der Waals surface area contributed by atoms with Gasteiger partial charge in [-0.3, -0.25) is 9.48 Å². The lowest BCUT2D eigenvalue weighted by molar-refractivity contribution is -0.129. The second-order valence-corrected chi connectivity index (χ2v) is 8.04. The number of para-hydroxylation sites is 1. The Balaban J connectivity index is 1.64. The number of aryl methyl sites for hydroxylation is 1. The average Bonchev–Trinajstić information content (AvgIpc) is 3.11. The molecule has 5 nitrogen and oxygen atoms in total. The third kappa shape index (κ3) is 3.73. The molecule has 1 unspecified atom stereocenters. The van der Waals surface area contributed by atoms with E-state index in [4.69, 9.17) is 0 Å². The molecular formula is C16H18N4OS2. The van der Waals surface area contributed by atoms with Gasteiger partial charge in [0.1, 0.15) is 0 Å². The van der Waals surface area contributed by atoms with Crippen LogP contribution in [-0.4, -0.2) is 37.9 Å². The maximum absolute atomic E-state index is 12.5. The van der Waals surface area contributed by atoms with Crippen LogP contribution >= 0.6 is 23.1 Å². The zero-order valence-corrected chi connectivity index (χ0v) is 14.9. The molecule has 1 amide bonds. The van der Waals surface area contributed by atoms with Crippen molar-refractivity contribution < 1.29 is 4.79 Å². The minimum absolute atomic E-state index is 0.0955. The summed E-state index contributed by atoms with van der Waals surface area (Å²) in [6, 6.07) is 8.03. The molecule has 0 N–H and O–H groups in total. The summed E-state index contributed by atoms with van der Waals surface area (Å²) in [5, 5.41) is 3.96. The first kappa shape index (κ1) is 16.0. The smallest absolute Gasteiger partial charge is 0.235 e. The number of hydrogen-bond acceptors (Lipinski definition) is 5. The molecule has 0 bridgehead atoms. The quantitative estimate of drug-likeness (QED) is 0.666. The maximum atomic E-state index is 12.5. The lowest BCUT2D eigenvalue weighted by atomic mass is 10.3. The highest BCUT2D eigenvalue weighted by Gasteiger charge is 2.20. The second kappa shape index (κ2) is 6.72. The fraction of sp³-hybridized carbons (Fsp3) is 0.312. The lowest BCUT2D eigenvalue weighted by Gasteiger charge is -2.19. The van der Waals surface area contributed by atoms with Crippen LogP contribution in [0, 0.1) is 0 Å². The zero-order valence-electron chi connectivity index (χ0n) is 13.3. The Morgan fingerprint density at radius 1 is 1.43 bits per heavy atom. The molecule has 2 heterocycles. The average molecular weight is 346 g/mol. The first-order chi connectivity index (χ1) is 11.0. The molecule has 120 valence electrons. The van der Waals surface area contributed by atoms with Crippen LogP contribution in [-0.2, 0) is 18.4 Å². The molecule has 0 aliphatic rings. The third-order valence-corrected chi connectivity index (χ3v) is 5.67. The number of thiazole rings is 1. The highest BCUT2D eigenvalue weighted by atomic mass is 32.2. The van der Waals surface area contributed by atoms with Gasteiger partial charge >= 0.3 is 0 Å². The number of thioether (sulfide) groups is 1. The van der Waals surface area contributed by atoms with E-state index in [1.54, 1.807) is 27.1 Å².